The molecule has 3 rings (SSSR count). The molecule has 1 aliphatic heterocycles. The smallest absolute Gasteiger partial charge is 0.256 e. The van der Waals surface area contributed by atoms with Crippen LogP contribution in [0.15, 0.2) is 30.5 Å². The van der Waals surface area contributed by atoms with Gasteiger partial charge in [-0.1, -0.05) is 12.1 Å². The predicted octanol–water partition coefficient (Wildman–Crippen LogP) is 2.79. The first-order valence-corrected chi connectivity index (χ1v) is 6.14. The molecular formula is C14H16N2O. The zero-order valence-corrected chi connectivity index (χ0v) is 9.94. The van der Waals surface area contributed by atoms with Gasteiger partial charge in [0.05, 0.1) is 11.1 Å². The first-order valence-electron chi connectivity index (χ1n) is 6.14. The van der Waals surface area contributed by atoms with Crippen molar-refractivity contribution in [1.82, 2.24) is 9.88 Å². The molecule has 0 aliphatic carbocycles. The molecule has 1 aliphatic rings. The van der Waals surface area contributed by atoms with Crippen molar-refractivity contribution < 1.29 is 4.79 Å². The molecule has 17 heavy (non-hydrogen) atoms. The van der Waals surface area contributed by atoms with Gasteiger partial charge in [0.2, 0.25) is 0 Å². The van der Waals surface area contributed by atoms with Gasteiger partial charge in [-0.05, 0) is 31.9 Å². The third-order valence-electron chi connectivity index (χ3n) is 3.63. The van der Waals surface area contributed by atoms with Gasteiger partial charge >= 0.3 is 0 Å². The summed E-state index contributed by atoms with van der Waals surface area (Å²) in [6, 6.07) is 8.25. The molecule has 88 valence electrons. The first-order chi connectivity index (χ1) is 8.27. The van der Waals surface area contributed by atoms with Crippen LogP contribution in [0, 0.1) is 0 Å². The largest absolute Gasteiger partial charge is 0.361 e. The molecule has 0 bridgehead atoms. The third-order valence-corrected chi connectivity index (χ3v) is 3.63. The Morgan fingerprint density at radius 1 is 1.41 bits per heavy atom. The van der Waals surface area contributed by atoms with E-state index in [0.717, 1.165) is 35.9 Å². The molecule has 3 heteroatoms. The lowest BCUT2D eigenvalue weighted by atomic mass is 10.1. The van der Waals surface area contributed by atoms with E-state index < -0.39 is 0 Å². The molecule has 1 atom stereocenters. The Balaban J connectivity index is 2.03. The van der Waals surface area contributed by atoms with Crippen LogP contribution < -0.4 is 0 Å². The van der Waals surface area contributed by atoms with Crippen LogP contribution >= 0.6 is 0 Å². The van der Waals surface area contributed by atoms with Gasteiger partial charge in [-0.3, -0.25) is 4.79 Å². The number of para-hydroxylation sites is 1. The number of nitrogens with one attached hydrogen (secondary N) is 1. The minimum absolute atomic E-state index is 0.156. The lowest BCUT2D eigenvalue weighted by molar-refractivity contribution is 0.0749. The second-order valence-corrected chi connectivity index (χ2v) is 4.74. The number of amides is 1. The number of likely N-dealkylation sites (tertiary alicyclic amines) is 1. The highest BCUT2D eigenvalue weighted by Gasteiger charge is 2.26. The van der Waals surface area contributed by atoms with Gasteiger partial charge in [0, 0.05) is 24.2 Å². The predicted molar refractivity (Wildman–Crippen MR) is 68.0 cm³/mol. The van der Waals surface area contributed by atoms with Gasteiger partial charge in [-0.25, -0.2) is 0 Å². The maximum absolute atomic E-state index is 12.5. The standard InChI is InChI=1S/C14H16N2O/c1-10-4-3-9-16(10)14(17)12-6-2-5-11-7-8-15-13(11)12/h2,5-8,10,15H,3-4,9H2,1H3. The van der Waals surface area contributed by atoms with E-state index in [4.69, 9.17) is 0 Å². The minimum atomic E-state index is 0.156. The van der Waals surface area contributed by atoms with Crippen LogP contribution in [-0.2, 0) is 0 Å². The van der Waals surface area contributed by atoms with E-state index in [1.54, 1.807) is 0 Å². The van der Waals surface area contributed by atoms with E-state index in [2.05, 4.69) is 11.9 Å². The molecule has 1 fully saturated rings. The highest BCUT2D eigenvalue weighted by atomic mass is 16.2. The Hall–Kier alpha value is -1.77. The average molecular weight is 228 g/mol. The lowest BCUT2D eigenvalue weighted by Gasteiger charge is -2.21. The molecule has 0 radical (unpaired) electrons. The van der Waals surface area contributed by atoms with Crippen molar-refractivity contribution in [2.45, 2.75) is 25.8 Å². The molecule has 2 heterocycles. The maximum atomic E-state index is 12.5. The number of aromatic amines is 1. The van der Waals surface area contributed by atoms with Crippen LogP contribution in [0.3, 0.4) is 0 Å². The van der Waals surface area contributed by atoms with Crippen molar-refractivity contribution in [3.63, 3.8) is 0 Å². The number of aromatic nitrogens is 1. The van der Waals surface area contributed by atoms with Gasteiger partial charge in [-0.15, -0.1) is 0 Å². The molecule has 1 N–H and O–H groups in total. The highest BCUT2D eigenvalue weighted by Crippen LogP contribution is 2.23. The highest BCUT2D eigenvalue weighted by molar-refractivity contribution is 6.05. The van der Waals surface area contributed by atoms with Crippen molar-refractivity contribution in [1.29, 1.82) is 0 Å². The number of hydrogen-bond acceptors (Lipinski definition) is 1. The van der Waals surface area contributed by atoms with E-state index in [-0.39, 0.29) is 5.91 Å². The summed E-state index contributed by atoms with van der Waals surface area (Å²) in [6.07, 6.45) is 4.12. The molecule has 1 saturated heterocycles. The number of nitrogens with zero attached hydrogens (tertiary/aromatic N) is 1. The summed E-state index contributed by atoms with van der Waals surface area (Å²) in [5.41, 5.74) is 1.75. The maximum Gasteiger partial charge on any atom is 0.256 e. The van der Waals surface area contributed by atoms with Crippen LogP contribution in [0.1, 0.15) is 30.1 Å². The number of carbonyl (C=O) groups excluding carboxylic acids is 1. The second-order valence-electron chi connectivity index (χ2n) is 4.74. The van der Waals surface area contributed by atoms with Crippen LogP contribution in [0.25, 0.3) is 10.9 Å². The normalized spacial score (nSPS) is 20.1. The molecule has 2 aromatic rings. The number of H-pyrrole nitrogens is 1. The molecule has 0 saturated carbocycles. The molecule has 3 nitrogen and oxygen atoms in total. The van der Waals surface area contributed by atoms with E-state index in [0.29, 0.717) is 6.04 Å². The Bertz CT molecular complexity index is 558. The van der Waals surface area contributed by atoms with Crippen molar-refractivity contribution in [3.05, 3.63) is 36.0 Å². The Kier molecular flexibility index (Phi) is 2.39. The molecule has 1 unspecified atom stereocenters. The third kappa shape index (κ3) is 1.62. The first kappa shape index (κ1) is 10.4. The van der Waals surface area contributed by atoms with Crippen molar-refractivity contribution >= 4 is 16.8 Å². The van der Waals surface area contributed by atoms with Gasteiger partial charge in [0.1, 0.15) is 0 Å². The number of rotatable bonds is 1. The fourth-order valence-electron chi connectivity index (χ4n) is 2.65. The second kappa shape index (κ2) is 3.91. The number of fused-ring (bicyclic) bond motifs is 1. The SMILES string of the molecule is CC1CCCN1C(=O)c1cccc2cc[nH]c12. The summed E-state index contributed by atoms with van der Waals surface area (Å²) < 4.78 is 0. The summed E-state index contributed by atoms with van der Waals surface area (Å²) in [6.45, 7) is 3.01. The molecular weight excluding hydrogens is 212 g/mol. The van der Waals surface area contributed by atoms with Crippen molar-refractivity contribution in [2.75, 3.05) is 6.54 Å². The average Bonchev–Trinajstić information content (AvgIpc) is 2.95. The fourth-order valence-corrected chi connectivity index (χ4v) is 2.65. The summed E-state index contributed by atoms with van der Waals surface area (Å²) in [4.78, 5) is 17.6. The van der Waals surface area contributed by atoms with E-state index in [1.807, 2.05) is 35.4 Å². The minimum Gasteiger partial charge on any atom is -0.361 e. The lowest BCUT2D eigenvalue weighted by Crippen LogP contribution is -2.33. The molecule has 0 spiro atoms. The van der Waals surface area contributed by atoms with Crippen LogP contribution in [0.5, 0.6) is 0 Å². The van der Waals surface area contributed by atoms with E-state index in [1.165, 1.54) is 0 Å². The van der Waals surface area contributed by atoms with Crippen molar-refractivity contribution in [2.24, 2.45) is 0 Å². The van der Waals surface area contributed by atoms with Gasteiger partial charge < -0.3 is 9.88 Å². The van der Waals surface area contributed by atoms with Gasteiger partial charge in [0.25, 0.3) is 5.91 Å². The summed E-state index contributed by atoms with van der Waals surface area (Å²) in [7, 11) is 0. The topological polar surface area (TPSA) is 36.1 Å². The van der Waals surface area contributed by atoms with Crippen molar-refractivity contribution in [3.8, 4) is 0 Å². The fraction of sp³-hybridized carbons (Fsp3) is 0.357. The molecule has 1 aromatic heterocycles. The Morgan fingerprint density at radius 3 is 3.06 bits per heavy atom. The van der Waals surface area contributed by atoms with E-state index >= 15 is 0 Å². The van der Waals surface area contributed by atoms with Crippen LogP contribution in [0.4, 0.5) is 0 Å². The van der Waals surface area contributed by atoms with Crippen LogP contribution in [-0.4, -0.2) is 28.4 Å². The summed E-state index contributed by atoms with van der Waals surface area (Å²) >= 11 is 0. The Labute approximate surface area is 100 Å². The number of hydrogen-bond donors (Lipinski definition) is 1. The number of benzene rings is 1. The van der Waals surface area contributed by atoms with E-state index in [9.17, 15) is 4.79 Å². The van der Waals surface area contributed by atoms with Crippen LogP contribution in [0.2, 0.25) is 0 Å². The van der Waals surface area contributed by atoms with Gasteiger partial charge in [0.15, 0.2) is 0 Å². The summed E-state index contributed by atoms with van der Waals surface area (Å²) in [5.74, 6) is 0.156. The molecule has 1 aromatic carbocycles. The quantitative estimate of drug-likeness (QED) is 0.800. The zero-order chi connectivity index (χ0) is 11.8. The summed E-state index contributed by atoms with van der Waals surface area (Å²) in [5, 5.41) is 1.10. The Morgan fingerprint density at radius 2 is 2.29 bits per heavy atom. The number of carbonyl (C=O) groups is 1. The zero-order valence-electron chi connectivity index (χ0n) is 9.94. The van der Waals surface area contributed by atoms with Gasteiger partial charge in [-0.2, -0.15) is 0 Å². The molecule has 1 amide bonds. The monoisotopic (exact) mass is 228 g/mol.